The van der Waals surface area contributed by atoms with E-state index in [1.807, 2.05) is 0 Å². The average Bonchev–Trinajstić information content (AvgIpc) is 2.28. The molecule has 1 aromatic rings. The van der Waals surface area contributed by atoms with Gasteiger partial charge >= 0.3 is 5.97 Å². The van der Waals surface area contributed by atoms with Gasteiger partial charge in [0.05, 0.1) is 5.92 Å². The number of aliphatic carboxylic acids is 1. The largest absolute Gasteiger partial charge is 0.481 e. The van der Waals surface area contributed by atoms with Gasteiger partial charge in [-0.2, -0.15) is 0 Å². The molecule has 98 valence electrons. The molecule has 0 radical (unpaired) electrons. The summed E-state index contributed by atoms with van der Waals surface area (Å²) in [7, 11) is 0. The van der Waals surface area contributed by atoms with Crippen LogP contribution in [-0.4, -0.2) is 17.1 Å². The second kappa shape index (κ2) is 5.42. The van der Waals surface area contributed by atoms with Crippen LogP contribution in [0.1, 0.15) is 36.8 Å². The minimum absolute atomic E-state index is 0.137. The maximum absolute atomic E-state index is 10.9. The molecule has 18 heavy (non-hydrogen) atoms. The van der Waals surface area contributed by atoms with Crippen molar-refractivity contribution >= 4 is 11.7 Å². The van der Waals surface area contributed by atoms with Crippen LogP contribution in [0.4, 0.5) is 5.69 Å². The molecule has 1 saturated carbocycles. The van der Waals surface area contributed by atoms with Crippen molar-refractivity contribution in [2.45, 2.75) is 45.6 Å². The normalized spacial score (nSPS) is 23.7. The smallest absolute Gasteiger partial charge is 0.306 e. The van der Waals surface area contributed by atoms with Crippen LogP contribution in [0.15, 0.2) is 18.2 Å². The van der Waals surface area contributed by atoms with Crippen molar-refractivity contribution < 1.29 is 9.90 Å². The summed E-state index contributed by atoms with van der Waals surface area (Å²) in [6.07, 6.45) is 3.48. The quantitative estimate of drug-likeness (QED) is 0.861. The zero-order valence-electron chi connectivity index (χ0n) is 11.1. The minimum atomic E-state index is -0.639. The average molecular weight is 247 g/mol. The summed E-state index contributed by atoms with van der Waals surface area (Å²) in [4.78, 5) is 10.9. The topological polar surface area (TPSA) is 49.3 Å². The number of carboxylic acids is 1. The lowest BCUT2D eigenvalue weighted by Gasteiger charge is -2.27. The molecule has 2 rings (SSSR count). The Labute approximate surface area is 108 Å². The highest BCUT2D eigenvalue weighted by Crippen LogP contribution is 2.27. The number of hydrogen-bond donors (Lipinski definition) is 2. The fourth-order valence-electron chi connectivity index (χ4n) is 2.78. The fraction of sp³-hybridized carbons (Fsp3) is 0.533. The van der Waals surface area contributed by atoms with E-state index in [-0.39, 0.29) is 5.92 Å². The van der Waals surface area contributed by atoms with Crippen LogP contribution in [-0.2, 0) is 4.79 Å². The van der Waals surface area contributed by atoms with Crippen LogP contribution in [0, 0.1) is 19.8 Å². The molecule has 2 N–H and O–H groups in total. The number of hydrogen-bond acceptors (Lipinski definition) is 2. The number of aryl methyl sites for hydroxylation is 2. The molecule has 0 aliphatic heterocycles. The van der Waals surface area contributed by atoms with Crippen LogP contribution < -0.4 is 5.32 Å². The van der Waals surface area contributed by atoms with Crippen molar-refractivity contribution in [1.29, 1.82) is 0 Å². The molecule has 1 aliphatic rings. The number of anilines is 1. The highest BCUT2D eigenvalue weighted by molar-refractivity contribution is 5.70. The number of benzene rings is 1. The summed E-state index contributed by atoms with van der Waals surface area (Å²) in [5.74, 6) is -0.776. The van der Waals surface area contributed by atoms with E-state index in [1.165, 1.54) is 11.1 Å². The first-order valence-corrected chi connectivity index (χ1v) is 6.62. The van der Waals surface area contributed by atoms with Gasteiger partial charge in [0.25, 0.3) is 0 Å². The van der Waals surface area contributed by atoms with E-state index in [9.17, 15) is 4.79 Å². The van der Waals surface area contributed by atoms with E-state index in [1.54, 1.807) is 0 Å². The molecular formula is C15H21NO2. The van der Waals surface area contributed by atoms with Gasteiger partial charge in [-0.3, -0.25) is 4.79 Å². The van der Waals surface area contributed by atoms with Gasteiger partial charge in [-0.15, -0.1) is 0 Å². The molecule has 1 aromatic carbocycles. The van der Waals surface area contributed by atoms with Gasteiger partial charge in [0.1, 0.15) is 0 Å². The van der Waals surface area contributed by atoms with Crippen LogP contribution in [0.2, 0.25) is 0 Å². The maximum atomic E-state index is 10.9. The Morgan fingerprint density at radius 1 is 1.11 bits per heavy atom. The third kappa shape index (κ3) is 3.25. The summed E-state index contributed by atoms with van der Waals surface area (Å²) < 4.78 is 0. The first-order valence-electron chi connectivity index (χ1n) is 6.62. The zero-order chi connectivity index (χ0) is 13.1. The second-order valence-electron chi connectivity index (χ2n) is 5.41. The lowest BCUT2D eigenvalue weighted by molar-refractivity contribution is -0.142. The van der Waals surface area contributed by atoms with Crippen molar-refractivity contribution in [2.24, 2.45) is 5.92 Å². The predicted molar refractivity (Wildman–Crippen MR) is 72.9 cm³/mol. The van der Waals surface area contributed by atoms with Crippen molar-refractivity contribution in [3.05, 3.63) is 29.3 Å². The second-order valence-corrected chi connectivity index (χ2v) is 5.41. The van der Waals surface area contributed by atoms with E-state index in [4.69, 9.17) is 5.11 Å². The third-order valence-electron chi connectivity index (χ3n) is 3.67. The van der Waals surface area contributed by atoms with Crippen molar-refractivity contribution in [2.75, 3.05) is 5.32 Å². The molecular weight excluding hydrogens is 226 g/mol. The SMILES string of the molecule is Cc1cc(C)cc(NC2CCC(C(=O)O)CC2)c1. The van der Waals surface area contributed by atoms with E-state index < -0.39 is 5.97 Å². The summed E-state index contributed by atoms with van der Waals surface area (Å²) in [6.45, 7) is 4.19. The third-order valence-corrected chi connectivity index (χ3v) is 3.67. The number of nitrogens with one attached hydrogen (secondary N) is 1. The number of carbonyl (C=O) groups is 1. The standard InChI is InChI=1S/C15H21NO2/c1-10-7-11(2)9-14(8-10)16-13-5-3-12(4-6-13)15(17)18/h7-9,12-13,16H,3-6H2,1-2H3,(H,17,18). The van der Waals surface area contributed by atoms with Crippen LogP contribution >= 0.6 is 0 Å². The van der Waals surface area contributed by atoms with Crippen LogP contribution in [0.5, 0.6) is 0 Å². The van der Waals surface area contributed by atoms with Crippen LogP contribution in [0.3, 0.4) is 0 Å². The lowest BCUT2D eigenvalue weighted by Crippen LogP contribution is -2.29. The summed E-state index contributed by atoms with van der Waals surface area (Å²) in [5.41, 5.74) is 3.68. The number of rotatable bonds is 3. The van der Waals surface area contributed by atoms with Crippen molar-refractivity contribution in [3.63, 3.8) is 0 Å². The van der Waals surface area contributed by atoms with Crippen molar-refractivity contribution in [3.8, 4) is 0 Å². The predicted octanol–water partition coefficient (Wildman–Crippen LogP) is 3.36. The maximum Gasteiger partial charge on any atom is 0.306 e. The Morgan fingerprint density at radius 2 is 1.67 bits per heavy atom. The van der Waals surface area contributed by atoms with Gasteiger partial charge < -0.3 is 10.4 Å². The zero-order valence-corrected chi connectivity index (χ0v) is 11.1. The van der Waals surface area contributed by atoms with E-state index in [2.05, 4.69) is 37.4 Å². The molecule has 0 heterocycles. The molecule has 0 amide bonds. The fourth-order valence-corrected chi connectivity index (χ4v) is 2.78. The molecule has 3 nitrogen and oxygen atoms in total. The Bertz CT molecular complexity index is 414. The van der Waals surface area contributed by atoms with Crippen molar-refractivity contribution in [1.82, 2.24) is 0 Å². The van der Waals surface area contributed by atoms with Gasteiger partial charge in [0.2, 0.25) is 0 Å². The summed E-state index contributed by atoms with van der Waals surface area (Å²) in [6, 6.07) is 6.88. The lowest BCUT2D eigenvalue weighted by atomic mass is 9.86. The first-order chi connectivity index (χ1) is 8.54. The molecule has 1 aliphatic carbocycles. The molecule has 0 saturated heterocycles. The Hall–Kier alpha value is -1.51. The van der Waals surface area contributed by atoms with Gasteiger partial charge in [0.15, 0.2) is 0 Å². The highest BCUT2D eigenvalue weighted by Gasteiger charge is 2.25. The minimum Gasteiger partial charge on any atom is -0.481 e. The summed E-state index contributed by atoms with van der Waals surface area (Å²) >= 11 is 0. The molecule has 0 bridgehead atoms. The van der Waals surface area contributed by atoms with Gasteiger partial charge in [0, 0.05) is 11.7 Å². The molecule has 0 aromatic heterocycles. The Kier molecular flexibility index (Phi) is 3.90. The van der Waals surface area contributed by atoms with Gasteiger partial charge in [-0.1, -0.05) is 6.07 Å². The molecule has 0 unspecified atom stereocenters. The molecule has 1 fully saturated rings. The highest BCUT2D eigenvalue weighted by atomic mass is 16.4. The molecule has 3 heteroatoms. The van der Waals surface area contributed by atoms with Gasteiger partial charge in [-0.05, 0) is 62.8 Å². The van der Waals surface area contributed by atoms with E-state index in [0.29, 0.717) is 6.04 Å². The Balaban J connectivity index is 1.93. The molecule has 0 spiro atoms. The summed E-state index contributed by atoms with van der Waals surface area (Å²) in [5, 5.41) is 12.5. The van der Waals surface area contributed by atoms with Gasteiger partial charge in [-0.25, -0.2) is 0 Å². The molecule has 0 atom stereocenters. The first kappa shape index (κ1) is 12.9. The van der Waals surface area contributed by atoms with E-state index in [0.717, 1.165) is 31.4 Å². The number of carboxylic acid groups (broad SMARTS) is 1. The van der Waals surface area contributed by atoms with E-state index >= 15 is 0 Å². The monoisotopic (exact) mass is 247 g/mol. The Morgan fingerprint density at radius 3 is 2.17 bits per heavy atom. The van der Waals surface area contributed by atoms with Crippen LogP contribution in [0.25, 0.3) is 0 Å².